The van der Waals surface area contributed by atoms with E-state index in [9.17, 15) is 4.79 Å². The number of halogens is 1. The van der Waals surface area contributed by atoms with Crippen LogP contribution in [0.1, 0.15) is 38.2 Å². The zero-order valence-electron chi connectivity index (χ0n) is 12.0. The Morgan fingerprint density at radius 3 is 2.45 bits per heavy atom. The van der Waals surface area contributed by atoms with E-state index in [4.69, 9.17) is 10.5 Å². The third kappa shape index (κ3) is 4.39. The maximum absolute atomic E-state index is 11.6. The molecule has 1 fully saturated rings. The number of hydrogen-bond acceptors (Lipinski definition) is 3. The van der Waals surface area contributed by atoms with Gasteiger partial charge in [0, 0.05) is 0 Å². The standard InChI is InChI=1S/C15H22N2O2.ClH/c1-11(2)12-3-5-13(6-4-12)19-10-9-17-14(18)15(16)7-8-15;/h3-6,11H,7-10,16H2,1-2H3,(H,17,18);1H. The molecular weight excluding hydrogens is 276 g/mol. The summed E-state index contributed by atoms with van der Waals surface area (Å²) in [5.74, 6) is 1.28. The van der Waals surface area contributed by atoms with Crippen molar-refractivity contribution in [2.75, 3.05) is 13.2 Å². The van der Waals surface area contributed by atoms with Gasteiger partial charge in [-0.05, 0) is 36.5 Å². The molecule has 1 aromatic carbocycles. The van der Waals surface area contributed by atoms with Crippen molar-refractivity contribution >= 4 is 18.3 Å². The maximum Gasteiger partial charge on any atom is 0.240 e. The Balaban J connectivity index is 0.00000200. The largest absolute Gasteiger partial charge is 0.492 e. The number of carbonyl (C=O) groups is 1. The first-order valence-electron chi connectivity index (χ1n) is 6.81. The number of amides is 1. The van der Waals surface area contributed by atoms with Crippen molar-refractivity contribution in [2.24, 2.45) is 5.73 Å². The van der Waals surface area contributed by atoms with Crippen LogP contribution < -0.4 is 15.8 Å². The van der Waals surface area contributed by atoms with Crippen molar-refractivity contribution in [3.63, 3.8) is 0 Å². The lowest BCUT2D eigenvalue weighted by Crippen LogP contribution is -2.44. The Labute approximate surface area is 126 Å². The summed E-state index contributed by atoms with van der Waals surface area (Å²) < 4.78 is 5.57. The van der Waals surface area contributed by atoms with E-state index in [0.717, 1.165) is 18.6 Å². The number of ether oxygens (including phenoxy) is 1. The second kappa shape index (κ2) is 6.95. The molecule has 0 unspecified atom stereocenters. The SMILES string of the molecule is CC(C)c1ccc(OCCNC(=O)C2(N)CC2)cc1.Cl. The van der Waals surface area contributed by atoms with Gasteiger partial charge in [-0.3, -0.25) is 4.79 Å². The van der Waals surface area contributed by atoms with E-state index in [1.165, 1.54) is 5.56 Å². The van der Waals surface area contributed by atoms with Crippen molar-refractivity contribution in [1.29, 1.82) is 0 Å². The van der Waals surface area contributed by atoms with E-state index in [-0.39, 0.29) is 18.3 Å². The van der Waals surface area contributed by atoms with E-state index < -0.39 is 5.54 Å². The molecule has 20 heavy (non-hydrogen) atoms. The van der Waals surface area contributed by atoms with Crippen molar-refractivity contribution in [2.45, 2.75) is 38.1 Å². The highest BCUT2D eigenvalue weighted by Gasteiger charge is 2.45. The van der Waals surface area contributed by atoms with Crippen LogP contribution in [0, 0.1) is 0 Å². The monoisotopic (exact) mass is 298 g/mol. The fourth-order valence-corrected chi connectivity index (χ4v) is 1.82. The molecule has 0 atom stereocenters. The highest BCUT2D eigenvalue weighted by Crippen LogP contribution is 2.31. The first kappa shape index (κ1) is 16.8. The quantitative estimate of drug-likeness (QED) is 0.792. The summed E-state index contributed by atoms with van der Waals surface area (Å²) >= 11 is 0. The summed E-state index contributed by atoms with van der Waals surface area (Å²) in [7, 11) is 0. The van der Waals surface area contributed by atoms with E-state index >= 15 is 0 Å². The molecule has 0 bridgehead atoms. The van der Waals surface area contributed by atoms with Gasteiger partial charge in [-0.2, -0.15) is 0 Å². The summed E-state index contributed by atoms with van der Waals surface area (Å²) in [4.78, 5) is 11.6. The van der Waals surface area contributed by atoms with Gasteiger partial charge in [0.2, 0.25) is 5.91 Å². The molecule has 3 N–H and O–H groups in total. The zero-order valence-corrected chi connectivity index (χ0v) is 12.8. The smallest absolute Gasteiger partial charge is 0.240 e. The lowest BCUT2D eigenvalue weighted by Gasteiger charge is -2.11. The molecule has 4 nitrogen and oxygen atoms in total. The van der Waals surface area contributed by atoms with E-state index in [1.54, 1.807) is 0 Å². The van der Waals surface area contributed by atoms with Gasteiger partial charge in [0.25, 0.3) is 0 Å². The van der Waals surface area contributed by atoms with Gasteiger partial charge >= 0.3 is 0 Å². The average molecular weight is 299 g/mol. The van der Waals surface area contributed by atoms with Gasteiger partial charge < -0.3 is 15.8 Å². The fourth-order valence-electron chi connectivity index (χ4n) is 1.82. The summed E-state index contributed by atoms with van der Waals surface area (Å²) in [6.45, 7) is 5.27. The first-order valence-corrected chi connectivity index (χ1v) is 6.81. The first-order chi connectivity index (χ1) is 9.01. The molecule has 1 aromatic rings. The Bertz CT molecular complexity index is 442. The van der Waals surface area contributed by atoms with E-state index in [0.29, 0.717) is 19.1 Å². The van der Waals surface area contributed by atoms with Crippen molar-refractivity contribution in [3.8, 4) is 5.75 Å². The molecule has 5 heteroatoms. The highest BCUT2D eigenvalue weighted by atomic mass is 35.5. The Morgan fingerprint density at radius 2 is 1.95 bits per heavy atom. The van der Waals surface area contributed by atoms with E-state index in [2.05, 4.69) is 31.3 Å². The Morgan fingerprint density at radius 1 is 1.35 bits per heavy atom. The molecule has 112 valence electrons. The topological polar surface area (TPSA) is 64.3 Å². The molecule has 0 heterocycles. The molecule has 1 aliphatic rings. The molecule has 1 amide bonds. The molecule has 0 radical (unpaired) electrons. The van der Waals surface area contributed by atoms with Gasteiger partial charge in [-0.15, -0.1) is 12.4 Å². The van der Waals surface area contributed by atoms with Crippen LogP contribution >= 0.6 is 12.4 Å². The number of nitrogens with two attached hydrogens (primary N) is 1. The number of carbonyl (C=O) groups excluding carboxylic acids is 1. The second-order valence-corrected chi connectivity index (χ2v) is 5.48. The Kier molecular flexibility index (Phi) is 5.84. The molecule has 0 aromatic heterocycles. The van der Waals surface area contributed by atoms with Crippen molar-refractivity contribution in [1.82, 2.24) is 5.32 Å². The van der Waals surface area contributed by atoms with E-state index in [1.807, 2.05) is 12.1 Å². The predicted molar refractivity (Wildman–Crippen MR) is 82.4 cm³/mol. The minimum Gasteiger partial charge on any atom is -0.492 e. The lowest BCUT2D eigenvalue weighted by atomic mass is 10.0. The third-order valence-electron chi connectivity index (χ3n) is 3.44. The fraction of sp³-hybridized carbons (Fsp3) is 0.533. The van der Waals surface area contributed by atoms with Crippen LogP contribution in [0.25, 0.3) is 0 Å². The molecule has 0 saturated heterocycles. The molecule has 0 spiro atoms. The number of nitrogens with one attached hydrogen (secondary N) is 1. The van der Waals surface area contributed by atoms with Crippen molar-refractivity contribution < 1.29 is 9.53 Å². The minimum atomic E-state index is -0.598. The van der Waals surface area contributed by atoms with Gasteiger partial charge in [-0.1, -0.05) is 26.0 Å². The van der Waals surface area contributed by atoms with Crippen LogP contribution in [0.5, 0.6) is 5.75 Å². The number of benzene rings is 1. The van der Waals surface area contributed by atoms with Gasteiger partial charge in [-0.25, -0.2) is 0 Å². The van der Waals surface area contributed by atoms with Gasteiger partial charge in [0.05, 0.1) is 12.1 Å². The summed E-state index contributed by atoms with van der Waals surface area (Å²) in [5, 5.41) is 2.80. The summed E-state index contributed by atoms with van der Waals surface area (Å²) in [5.41, 5.74) is 6.47. The maximum atomic E-state index is 11.6. The third-order valence-corrected chi connectivity index (χ3v) is 3.44. The second-order valence-electron chi connectivity index (χ2n) is 5.48. The normalized spacial score (nSPS) is 15.4. The van der Waals surface area contributed by atoms with Crippen LogP contribution in [-0.4, -0.2) is 24.6 Å². The lowest BCUT2D eigenvalue weighted by molar-refractivity contribution is -0.123. The minimum absolute atomic E-state index is 0. The zero-order chi connectivity index (χ0) is 13.9. The molecule has 1 saturated carbocycles. The van der Waals surface area contributed by atoms with Crippen LogP contribution in [-0.2, 0) is 4.79 Å². The van der Waals surface area contributed by atoms with Crippen LogP contribution in [0.15, 0.2) is 24.3 Å². The summed E-state index contributed by atoms with van der Waals surface area (Å²) in [6.07, 6.45) is 1.58. The molecule has 1 aliphatic carbocycles. The highest BCUT2D eigenvalue weighted by molar-refractivity contribution is 5.88. The summed E-state index contributed by atoms with van der Waals surface area (Å²) in [6, 6.07) is 8.06. The average Bonchev–Trinajstić information content (AvgIpc) is 3.14. The molecule has 2 rings (SSSR count). The van der Waals surface area contributed by atoms with Crippen LogP contribution in [0.4, 0.5) is 0 Å². The van der Waals surface area contributed by atoms with Crippen LogP contribution in [0.2, 0.25) is 0 Å². The molecular formula is C15H23ClN2O2. The van der Waals surface area contributed by atoms with Crippen LogP contribution in [0.3, 0.4) is 0 Å². The van der Waals surface area contributed by atoms with Gasteiger partial charge in [0.15, 0.2) is 0 Å². The Hall–Kier alpha value is -1.26. The number of rotatable bonds is 6. The molecule has 0 aliphatic heterocycles. The van der Waals surface area contributed by atoms with Crippen molar-refractivity contribution in [3.05, 3.63) is 29.8 Å². The number of hydrogen-bond donors (Lipinski definition) is 2. The van der Waals surface area contributed by atoms with Gasteiger partial charge in [0.1, 0.15) is 12.4 Å². The predicted octanol–water partition coefficient (Wildman–Crippen LogP) is 2.22.